The highest BCUT2D eigenvalue weighted by Crippen LogP contribution is 2.65. The van der Waals surface area contributed by atoms with E-state index in [0.717, 1.165) is 10.5 Å². The van der Waals surface area contributed by atoms with E-state index in [2.05, 4.69) is 0 Å². The Labute approximate surface area is 271 Å². The van der Waals surface area contributed by atoms with Crippen LogP contribution in [0.15, 0.2) is 78.4 Å². The van der Waals surface area contributed by atoms with E-state index in [9.17, 15) is 34.3 Å². The molecule has 4 aliphatic rings. The Hall–Kier alpha value is -4.94. The van der Waals surface area contributed by atoms with E-state index < -0.39 is 65.8 Å². The lowest BCUT2D eigenvalue weighted by Gasteiger charge is -2.49. The number of amides is 4. The molecule has 3 aromatic rings. The van der Waals surface area contributed by atoms with Crippen LogP contribution in [0.5, 0.6) is 17.2 Å². The van der Waals surface area contributed by atoms with Crippen LogP contribution in [0.25, 0.3) is 0 Å². The fourth-order valence-corrected chi connectivity index (χ4v) is 8.43. The quantitative estimate of drug-likeness (QED) is 0.211. The van der Waals surface area contributed by atoms with Crippen molar-refractivity contribution in [3.8, 4) is 17.2 Å². The third-order valence-electron chi connectivity index (χ3n) is 10.5. The molecule has 4 amide bonds. The second-order valence-electron chi connectivity index (χ2n) is 12.7. The zero-order valence-corrected chi connectivity index (χ0v) is 26.0. The van der Waals surface area contributed by atoms with Gasteiger partial charge in [-0.1, -0.05) is 42.0 Å². The van der Waals surface area contributed by atoms with E-state index in [0.29, 0.717) is 11.3 Å². The van der Waals surface area contributed by atoms with Crippen LogP contribution in [0.3, 0.4) is 0 Å². The van der Waals surface area contributed by atoms with Crippen molar-refractivity contribution in [2.75, 3.05) is 24.0 Å². The highest BCUT2D eigenvalue weighted by Gasteiger charge is 2.68. The summed E-state index contributed by atoms with van der Waals surface area (Å²) in [6.45, 7) is 1.76. The van der Waals surface area contributed by atoms with Crippen LogP contribution in [0.1, 0.15) is 31.2 Å². The van der Waals surface area contributed by atoms with E-state index in [-0.39, 0.29) is 41.2 Å². The Kier molecular flexibility index (Phi) is 7.25. The fraction of sp³-hybridized carbons (Fsp3) is 0.314. The third kappa shape index (κ3) is 4.35. The molecule has 0 bridgehead atoms. The molecule has 2 aliphatic heterocycles. The average molecular weight is 636 g/mol. The number of carbonyl (C=O) groups is 4. The van der Waals surface area contributed by atoms with E-state index in [4.69, 9.17) is 9.47 Å². The number of imide groups is 2. The predicted molar refractivity (Wildman–Crippen MR) is 171 cm³/mol. The van der Waals surface area contributed by atoms with Crippen LogP contribution in [0.4, 0.5) is 11.4 Å². The first-order valence-electron chi connectivity index (χ1n) is 15.4. The fourth-order valence-electron chi connectivity index (χ4n) is 8.43. The Bertz CT molecular complexity index is 1840. The highest BCUT2D eigenvalue weighted by atomic mass is 16.5. The topological polar surface area (TPSA) is 154 Å². The van der Waals surface area contributed by atoms with Gasteiger partial charge in [0.2, 0.25) is 23.6 Å². The van der Waals surface area contributed by atoms with Crippen molar-refractivity contribution in [3.63, 3.8) is 0 Å². The van der Waals surface area contributed by atoms with Gasteiger partial charge in [-0.05, 0) is 55.4 Å². The normalized spacial score (nSPS) is 28.1. The van der Waals surface area contributed by atoms with E-state index in [1.807, 2.05) is 6.08 Å². The molecule has 47 heavy (non-hydrogen) atoms. The monoisotopic (exact) mass is 636 g/mol. The maximum atomic E-state index is 14.6. The molecule has 3 fully saturated rings. The number of nitrogens with zero attached hydrogens (tertiary/aromatic N) is 2. The average Bonchev–Trinajstić information content (AvgIpc) is 3.44. The third-order valence-corrected chi connectivity index (χ3v) is 10.5. The number of anilines is 2. The number of fused-ring (bicyclic) bond motifs is 4. The SMILES string of the molecule is COc1cc(O)cc(OC)c1[C@H]1C2=CC[C@@H]3C(=O)N(c4cccc(B(O)O)c4)C(=O)[C@@H]3[C@@H]2C[C@H]2C(=O)N(c3ccccc3)C(=O)[C@@]12C. The number of carbonyl (C=O) groups excluding carboxylic acids is 4. The standard InChI is InChI=1S/C35H33BN2O9/c1-35-25(32(41)38(34(35)43)19-9-5-4-6-10-19)17-24-22(30(35)29-26(46-2)15-21(39)16-27(29)47-3)12-13-23-28(24)33(42)37(31(23)40)20-11-7-8-18(14-20)36(44)45/h4-12,14-16,23-25,28,30,39,44-45H,13,17H2,1-3H3/t23-,24+,25-,28-,30+,35+/m0/s1. The summed E-state index contributed by atoms with van der Waals surface area (Å²) < 4.78 is 11.5. The number of benzene rings is 3. The first-order valence-corrected chi connectivity index (χ1v) is 15.4. The first kappa shape index (κ1) is 30.7. The largest absolute Gasteiger partial charge is 0.508 e. The minimum absolute atomic E-state index is 0.114. The van der Waals surface area contributed by atoms with Crippen LogP contribution in [0.2, 0.25) is 0 Å². The second kappa shape index (κ2) is 11.1. The molecule has 3 aromatic carbocycles. The summed E-state index contributed by atoms with van der Waals surface area (Å²) in [6.07, 6.45) is 2.28. The van der Waals surface area contributed by atoms with Gasteiger partial charge in [0.15, 0.2) is 0 Å². The van der Waals surface area contributed by atoms with Gasteiger partial charge in [0.1, 0.15) is 17.2 Å². The molecule has 1 saturated carbocycles. The number of para-hydroxylation sites is 1. The van der Waals surface area contributed by atoms with E-state index in [1.165, 1.54) is 43.4 Å². The Balaban J connectivity index is 1.40. The Morgan fingerprint density at radius 2 is 1.47 bits per heavy atom. The number of phenolic OH excluding ortho intramolecular Hbond substituents is 1. The zero-order valence-electron chi connectivity index (χ0n) is 26.0. The van der Waals surface area contributed by atoms with Gasteiger partial charge in [0.05, 0.1) is 48.8 Å². The van der Waals surface area contributed by atoms with Crippen LogP contribution in [-0.4, -0.2) is 60.1 Å². The Morgan fingerprint density at radius 1 is 0.809 bits per heavy atom. The van der Waals surface area contributed by atoms with Gasteiger partial charge in [-0.25, -0.2) is 4.90 Å². The van der Waals surface area contributed by atoms with Gasteiger partial charge in [-0.15, -0.1) is 0 Å². The number of allylic oxidation sites excluding steroid dienone is 2. The molecule has 3 N–H and O–H groups in total. The lowest BCUT2D eigenvalue weighted by molar-refractivity contribution is -0.131. The van der Waals surface area contributed by atoms with Crippen molar-refractivity contribution in [1.82, 2.24) is 0 Å². The Morgan fingerprint density at radius 3 is 2.11 bits per heavy atom. The van der Waals surface area contributed by atoms with Crippen molar-refractivity contribution in [1.29, 1.82) is 0 Å². The lowest BCUT2D eigenvalue weighted by atomic mass is 9.51. The van der Waals surface area contributed by atoms with Gasteiger partial charge in [-0.3, -0.25) is 24.1 Å². The summed E-state index contributed by atoms with van der Waals surface area (Å²) in [7, 11) is 1.09. The van der Waals surface area contributed by atoms with Crippen molar-refractivity contribution < 1.29 is 43.8 Å². The first-order chi connectivity index (χ1) is 22.5. The molecule has 0 radical (unpaired) electrons. The van der Waals surface area contributed by atoms with Crippen molar-refractivity contribution in [3.05, 3.63) is 83.9 Å². The number of methoxy groups -OCH3 is 2. The smallest absolute Gasteiger partial charge is 0.488 e. The van der Waals surface area contributed by atoms with Crippen LogP contribution in [0, 0.1) is 29.1 Å². The number of ether oxygens (including phenoxy) is 2. The molecule has 11 nitrogen and oxygen atoms in total. The summed E-state index contributed by atoms with van der Waals surface area (Å²) >= 11 is 0. The summed E-state index contributed by atoms with van der Waals surface area (Å²) in [6, 6.07) is 17.5. The molecule has 0 unspecified atom stereocenters. The van der Waals surface area contributed by atoms with E-state index in [1.54, 1.807) is 49.4 Å². The molecular weight excluding hydrogens is 603 g/mol. The van der Waals surface area contributed by atoms with Gasteiger partial charge in [0, 0.05) is 23.6 Å². The number of rotatable bonds is 6. The molecule has 7 rings (SSSR count). The molecule has 12 heteroatoms. The molecule has 2 aliphatic carbocycles. The minimum Gasteiger partial charge on any atom is -0.508 e. The van der Waals surface area contributed by atoms with Crippen LogP contribution >= 0.6 is 0 Å². The molecule has 6 atom stereocenters. The maximum Gasteiger partial charge on any atom is 0.488 e. The van der Waals surface area contributed by atoms with Crippen molar-refractivity contribution >= 4 is 47.6 Å². The lowest BCUT2D eigenvalue weighted by Crippen LogP contribution is -2.49. The van der Waals surface area contributed by atoms with Gasteiger partial charge < -0.3 is 24.6 Å². The number of hydrogen-bond donors (Lipinski definition) is 3. The van der Waals surface area contributed by atoms with E-state index >= 15 is 0 Å². The van der Waals surface area contributed by atoms with Crippen LogP contribution < -0.4 is 24.7 Å². The highest BCUT2D eigenvalue weighted by molar-refractivity contribution is 6.58. The van der Waals surface area contributed by atoms with Crippen LogP contribution in [-0.2, 0) is 19.2 Å². The van der Waals surface area contributed by atoms with Gasteiger partial charge in [0.25, 0.3) is 0 Å². The molecule has 0 aromatic heterocycles. The van der Waals surface area contributed by atoms with Gasteiger partial charge >= 0.3 is 7.12 Å². The molecule has 0 spiro atoms. The second-order valence-corrected chi connectivity index (χ2v) is 12.7. The molecule has 240 valence electrons. The summed E-state index contributed by atoms with van der Waals surface area (Å²) in [5.74, 6) is -5.11. The zero-order chi connectivity index (χ0) is 33.4. The number of aromatic hydroxyl groups is 1. The predicted octanol–water partition coefficient (Wildman–Crippen LogP) is 2.52. The summed E-state index contributed by atoms with van der Waals surface area (Å²) in [5, 5.41) is 30.0. The summed E-state index contributed by atoms with van der Waals surface area (Å²) in [4.78, 5) is 59.5. The van der Waals surface area contributed by atoms with Crippen molar-refractivity contribution in [2.24, 2.45) is 29.1 Å². The molecule has 2 saturated heterocycles. The summed E-state index contributed by atoms with van der Waals surface area (Å²) in [5.41, 5.74) is 0.641. The molecule has 2 heterocycles. The number of phenols is 1. The molecular formula is C35H33BN2O9. The minimum atomic E-state index is -1.79. The van der Waals surface area contributed by atoms with Crippen molar-refractivity contribution in [2.45, 2.75) is 25.7 Å². The maximum absolute atomic E-state index is 14.6. The van der Waals surface area contributed by atoms with Gasteiger partial charge in [-0.2, -0.15) is 0 Å². The number of hydrogen-bond acceptors (Lipinski definition) is 9.